The van der Waals surface area contributed by atoms with Gasteiger partial charge in [-0.2, -0.15) is 0 Å². The van der Waals surface area contributed by atoms with Crippen molar-refractivity contribution < 1.29 is 4.79 Å². The van der Waals surface area contributed by atoms with E-state index >= 15 is 0 Å². The maximum Gasteiger partial charge on any atom is 0.294 e. The van der Waals surface area contributed by atoms with Crippen LogP contribution in [0.15, 0.2) is 47.8 Å². The molecule has 4 rings (SSSR count). The smallest absolute Gasteiger partial charge is 0.294 e. The van der Waals surface area contributed by atoms with Crippen molar-refractivity contribution in [1.29, 1.82) is 0 Å². The van der Waals surface area contributed by atoms with Crippen molar-refractivity contribution in [2.45, 2.75) is 38.8 Å². The number of carbonyl (C=O) groups excluding carboxylic acids is 1. The largest absolute Gasteiger partial charge is 0.356 e. The molecule has 1 aliphatic heterocycles. The molecule has 1 saturated heterocycles. The summed E-state index contributed by atoms with van der Waals surface area (Å²) in [5.74, 6) is 0.452. The van der Waals surface area contributed by atoms with Crippen molar-refractivity contribution in [3.63, 3.8) is 0 Å². The number of benzene rings is 1. The lowest BCUT2D eigenvalue weighted by Crippen LogP contribution is -2.33. The second kappa shape index (κ2) is 8.89. The topological polar surface area (TPSA) is 85.0 Å². The van der Waals surface area contributed by atoms with Crippen molar-refractivity contribution in [2.24, 2.45) is 0 Å². The van der Waals surface area contributed by atoms with Gasteiger partial charge in [-0.15, -0.1) is 0 Å². The van der Waals surface area contributed by atoms with Crippen LogP contribution in [0.25, 0.3) is 11.0 Å². The zero-order valence-electron chi connectivity index (χ0n) is 16.5. The zero-order valence-corrected chi connectivity index (χ0v) is 16.5. The molecule has 0 spiro atoms. The lowest BCUT2D eigenvalue weighted by Gasteiger charge is -2.19. The average molecular weight is 394 g/mol. The molecule has 0 saturated carbocycles. The molecule has 3 aromatic rings. The fraction of sp³-hybridized carbons (Fsp3) is 0.429. The van der Waals surface area contributed by atoms with Gasteiger partial charge in [-0.25, -0.2) is 9.97 Å². The van der Waals surface area contributed by atoms with Crippen LogP contribution in [0.3, 0.4) is 0 Å². The molecule has 1 aliphatic rings. The Labute approximate surface area is 169 Å². The highest BCUT2D eigenvalue weighted by molar-refractivity contribution is 5.78. The van der Waals surface area contributed by atoms with Gasteiger partial charge in [0, 0.05) is 51.5 Å². The lowest BCUT2D eigenvalue weighted by molar-refractivity contribution is -0.121. The Morgan fingerprint density at radius 1 is 1.14 bits per heavy atom. The minimum atomic E-state index is -0.112. The molecule has 3 heterocycles. The summed E-state index contributed by atoms with van der Waals surface area (Å²) in [4.78, 5) is 36.1. The molecule has 8 heteroatoms. The van der Waals surface area contributed by atoms with Crippen LogP contribution in [0.5, 0.6) is 0 Å². The van der Waals surface area contributed by atoms with Crippen molar-refractivity contribution in [3.05, 3.63) is 53.3 Å². The number of aryl methyl sites for hydroxylation is 2. The van der Waals surface area contributed by atoms with Crippen molar-refractivity contribution >= 4 is 22.8 Å². The Morgan fingerprint density at radius 2 is 1.97 bits per heavy atom. The molecule has 8 nitrogen and oxygen atoms in total. The highest BCUT2D eigenvalue weighted by Gasteiger charge is 2.20. The summed E-state index contributed by atoms with van der Waals surface area (Å²) in [5.41, 5.74) is 1.45. The highest BCUT2D eigenvalue weighted by Crippen LogP contribution is 2.18. The quantitative estimate of drug-likeness (QED) is 0.589. The number of hydrogen-bond acceptors (Lipinski definition) is 5. The van der Waals surface area contributed by atoms with Crippen molar-refractivity contribution in [3.8, 4) is 0 Å². The normalized spacial score (nSPS) is 13.9. The van der Waals surface area contributed by atoms with E-state index < -0.39 is 0 Å². The van der Waals surface area contributed by atoms with E-state index in [1.165, 1.54) is 0 Å². The highest BCUT2D eigenvalue weighted by atomic mass is 16.2. The molecule has 1 N–H and O–H groups in total. The van der Waals surface area contributed by atoms with Gasteiger partial charge >= 0.3 is 0 Å². The molecular formula is C21H26N6O2. The number of nitrogens with one attached hydrogen (secondary N) is 1. The summed E-state index contributed by atoms with van der Waals surface area (Å²) < 4.78 is 3.68. The first-order valence-corrected chi connectivity index (χ1v) is 10.2. The molecular weight excluding hydrogens is 368 g/mol. The summed E-state index contributed by atoms with van der Waals surface area (Å²) in [6.45, 7) is 3.47. The molecule has 152 valence electrons. The minimum Gasteiger partial charge on any atom is -0.356 e. The van der Waals surface area contributed by atoms with E-state index in [1.54, 1.807) is 17.1 Å². The van der Waals surface area contributed by atoms with Crippen LogP contribution in [0.1, 0.15) is 25.7 Å². The van der Waals surface area contributed by atoms with Gasteiger partial charge in [-0.1, -0.05) is 12.1 Å². The van der Waals surface area contributed by atoms with Crippen molar-refractivity contribution in [2.75, 3.05) is 24.5 Å². The monoisotopic (exact) mass is 394 g/mol. The Kier molecular flexibility index (Phi) is 5.88. The first kappa shape index (κ1) is 19.2. The summed E-state index contributed by atoms with van der Waals surface area (Å²) in [6, 6.07) is 7.62. The minimum absolute atomic E-state index is 0.0499. The van der Waals surface area contributed by atoms with Crippen LogP contribution in [0.2, 0.25) is 0 Å². The van der Waals surface area contributed by atoms with Crippen LogP contribution in [0.4, 0.5) is 5.82 Å². The van der Waals surface area contributed by atoms with E-state index in [1.807, 2.05) is 35.0 Å². The molecule has 1 aromatic carbocycles. The molecule has 2 aromatic heterocycles. The van der Waals surface area contributed by atoms with E-state index in [4.69, 9.17) is 0 Å². The van der Waals surface area contributed by atoms with Crippen LogP contribution < -0.4 is 15.8 Å². The third-order valence-electron chi connectivity index (χ3n) is 5.28. The number of rotatable bonds is 8. The van der Waals surface area contributed by atoms with Gasteiger partial charge in [0.15, 0.2) is 5.82 Å². The van der Waals surface area contributed by atoms with Gasteiger partial charge < -0.3 is 19.4 Å². The molecule has 0 radical (unpaired) electrons. The van der Waals surface area contributed by atoms with E-state index in [0.717, 1.165) is 49.9 Å². The second-order valence-corrected chi connectivity index (χ2v) is 7.33. The Morgan fingerprint density at radius 3 is 2.76 bits per heavy atom. The Balaban J connectivity index is 1.42. The first-order valence-electron chi connectivity index (χ1n) is 10.2. The van der Waals surface area contributed by atoms with Gasteiger partial charge in [-0.05, 0) is 31.4 Å². The molecule has 1 amide bonds. The zero-order chi connectivity index (χ0) is 20.1. The van der Waals surface area contributed by atoms with Gasteiger partial charge in [0.05, 0.1) is 17.4 Å². The number of hydrogen-bond donors (Lipinski definition) is 1. The van der Waals surface area contributed by atoms with Gasteiger partial charge in [0.2, 0.25) is 5.91 Å². The van der Waals surface area contributed by atoms with E-state index in [0.29, 0.717) is 18.9 Å². The fourth-order valence-corrected chi connectivity index (χ4v) is 3.75. The van der Waals surface area contributed by atoms with Gasteiger partial charge in [-0.3, -0.25) is 9.59 Å². The number of imidazole rings is 1. The van der Waals surface area contributed by atoms with Crippen LogP contribution in [0, 0.1) is 0 Å². The number of carbonyl (C=O) groups is 1. The molecule has 0 atom stereocenters. The number of fused-ring (bicyclic) bond motifs is 1. The third-order valence-corrected chi connectivity index (χ3v) is 5.28. The van der Waals surface area contributed by atoms with E-state index in [-0.39, 0.29) is 17.9 Å². The Hall–Kier alpha value is -3.16. The van der Waals surface area contributed by atoms with Gasteiger partial charge in [0.1, 0.15) is 0 Å². The Bertz CT molecular complexity index is 1020. The fourth-order valence-electron chi connectivity index (χ4n) is 3.75. The summed E-state index contributed by atoms with van der Waals surface area (Å²) in [6.07, 6.45) is 8.66. The number of nitrogens with zero attached hydrogens (tertiary/aromatic N) is 5. The van der Waals surface area contributed by atoms with Crippen molar-refractivity contribution in [1.82, 2.24) is 24.4 Å². The first-order chi connectivity index (χ1) is 14.2. The summed E-state index contributed by atoms with van der Waals surface area (Å²) >= 11 is 0. The third kappa shape index (κ3) is 4.47. The summed E-state index contributed by atoms with van der Waals surface area (Å²) in [7, 11) is 0. The predicted octanol–water partition coefficient (Wildman–Crippen LogP) is 1.79. The maximum absolute atomic E-state index is 13.1. The summed E-state index contributed by atoms with van der Waals surface area (Å²) in [5, 5.41) is 2.94. The SMILES string of the molecule is O=C(CCn1c(=O)c(N2CCCC2)nc2ccccc21)NCCCn1ccnc1. The molecule has 29 heavy (non-hydrogen) atoms. The second-order valence-electron chi connectivity index (χ2n) is 7.33. The number of aromatic nitrogens is 4. The number of amides is 1. The van der Waals surface area contributed by atoms with Crippen LogP contribution in [-0.2, 0) is 17.9 Å². The van der Waals surface area contributed by atoms with Crippen LogP contribution >= 0.6 is 0 Å². The van der Waals surface area contributed by atoms with Crippen LogP contribution in [-0.4, -0.2) is 44.6 Å². The van der Waals surface area contributed by atoms with Gasteiger partial charge in [0.25, 0.3) is 5.56 Å². The number of anilines is 1. The molecule has 0 bridgehead atoms. The standard InChI is InChI=1S/C21H26N6O2/c28-19(23-9-5-11-25-15-10-22-16-25)8-14-27-18-7-2-1-6-17(18)24-20(21(27)29)26-12-3-4-13-26/h1-2,6-7,10,15-16H,3-5,8-9,11-14H2,(H,23,28). The molecule has 0 unspecified atom stereocenters. The number of para-hydroxylation sites is 2. The molecule has 1 fully saturated rings. The maximum atomic E-state index is 13.1. The predicted molar refractivity (Wildman–Crippen MR) is 112 cm³/mol. The average Bonchev–Trinajstić information content (AvgIpc) is 3.44. The molecule has 0 aliphatic carbocycles. The van der Waals surface area contributed by atoms with E-state index in [9.17, 15) is 9.59 Å². The van der Waals surface area contributed by atoms with E-state index in [2.05, 4.69) is 20.2 Å². The lowest BCUT2D eigenvalue weighted by atomic mass is 10.2.